The minimum absolute atomic E-state index is 0.222. The topological polar surface area (TPSA) is 29.3 Å². The van der Waals surface area contributed by atoms with Crippen molar-refractivity contribution in [3.05, 3.63) is 35.4 Å². The van der Waals surface area contributed by atoms with Crippen LogP contribution in [0.4, 0.5) is 0 Å². The zero-order valence-corrected chi connectivity index (χ0v) is 12.8. The van der Waals surface area contributed by atoms with Gasteiger partial charge >= 0.3 is 0 Å². The number of hydrogen-bond acceptors (Lipinski definition) is 2. The van der Waals surface area contributed by atoms with E-state index in [0.29, 0.717) is 6.04 Å². The van der Waals surface area contributed by atoms with Crippen LogP contribution in [0.5, 0.6) is 0 Å². The van der Waals surface area contributed by atoms with Crippen LogP contribution in [0.25, 0.3) is 0 Å². The molecule has 0 saturated carbocycles. The molecule has 0 aliphatic carbocycles. The highest BCUT2D eigenvalue weighted by molar-refractivity contribution is 5.30. The largest absolute Gasteiger partial charge is 0.326 e. The van der Waals surface area contributed by atoms with Crippen LogP contribution in [0, 0.1) is 0 Å². The fourth-order valence-electron chi connectivity index (χ4n) is 3.06. The minimum atomic E-state index is 0.222. The van der Waals surface area contributed by atoms with Crippen molar-refractivity contribution in [2.45, 2.75) is 58.0 Å². The molecule has 0 aromatic heterocycles. The predicted molar refractivity (Wildman–Crippen MR) is 82.3 cm³/mol. The molecule has 1 saturated heterocycles. The third-order valence-electron chi connectivity index (χ3n) is 4.18. The van der Waals surface area contributed by atoms with Crippen molar-refractivity contribution in [1.82, 2.24) is 4.90 Å². The Balaban J connectivity index is 2.20. The van der Waals surface area contributed by atoms with E-state index in [1.165, 1.54) is 17.5 Å². The summed E-state index contributed by atoms with van der Waals surface area (Å²) in [6.07, 6.45) is 2.31. The van der Waals surface area contributed by atoms with E-state index in [0.717, 1.165) is 19.5 Å². The van der Waals surface area contributed by atoms with Gasteiger partial charge in [-0.3, -0.25) is 4.90 Å². The van der Waals surface area contributed by atoms with Crippen molar-refractivity contribution in [2.24, 2.45) is 5.73 Å². The van der Waals surface area contributed by atoms with E-state index in [9.17, 15) is 0 Å². The van der Waals surface area contributed by atoms with Gasteiger partial charge in [-0.2, -0.15) is 0 Å². The molecular formula is C17H28N2. The lowest BCUT2D eigenvalue weighted by Crippen LogP contribution is -2.32. The Kier molecular flexibility index (Phi) is 4.32. The van der Waals surface area contributed by atoms with Gasteiger partial charge in [0.1, 0.15) is 0 Å². The van der Waals surface area contributed by atoms with Gasteiger partial charge in [-0.05, 0) is 35.9 Å². The summed E-state index contributed by atoms with van der Waals surface area (Å²) in [6, 6.07) is 9.79. The molecule has 0 spiro atoms. The van der Waals surface area contributed by atoms with Crippen LogP contribution in [0.3, 0.4) is 0 Å². The molecule has 1 heterocycles. The average molecular weight is 260 g/mol. The molecule has 1 fully saturated rings. The minimum Gasteiger partial charge on any atom is -0.326 e. The maximum Gasteiger partial charge on any atom is 0.0499 e. The Bertz CT molecular complexity index is 400. The van der Waals surface area contributed by atoms with Crippen molar-refractivity contribution in [3.63, 3.8) is 0 Å². The van der Waals surface area contributed by atoms with E-state index in [1.54, 1.807) is 0 Å². The first-order valence-electron chi connectivity index (χ1n) is 7.53. The van der Waals surface area contributed by atoms with Crippen LogP contribution >= 0.6 is 0 Å². The van der Waals surface area contributed by atoms with Gasteiger partial charge in [0.25, 0.3) is 0 Å². The summed E-state index contributed by atoms with van der Waals surface area (Å²) in [5.74, 6) is 0. The number of nitrogens with zero attached hydrogens (tertiary/aromatic N) is 1. The van der Waals surface area contributed by atoms with E-state index in [2.05, 4.69) is 56.9 Å². The van der Waals surface area contributed by atoms with Crippen LogP contribution in [0.2, 0.25) is 0 Å². The van der Waals surface area contributed by atoms with E-state index in [4.69, 9.17) is 5.73 Å². The van der Waals surface area contributed by atoms with Crippen LogP contribution in [0.1, 0.15) is 57.7 Å². The number of benzene rings is 1. The predicted octanol–water partition coefficient (Wildman–Crippen LogP) is 3.47. The van der Waals surface area contributed by atoms with Crippen molar-refractivity contribution in [3.8, 4) is 0 Å². The fourth-order valence-corrected chi connectivity index (χ4v) is 3.06. The molecule has 2 heteroatoms. The van der Waals surface area contributed by atoms with Gasteiger partial charge in [-0.1, -0.05) is 52.0 Å². The molecule has 19 heavy (non-hydrogen) atoms. The van der Waals surface area contributed by atoms with E-state index >= 15 is 0 Å². The standard InChI is InChI=1S/C17H28N2/c1-5-11-19-12-10-15(18)16(19)13-6-8-14(9-7-13)17(2,3)4/h6-9,15-16H,5,10-12,18H2,1-4H3. The number of likely N-dealkylation sites (tertiary alicyclic amines) is 1. The molecular weight excluding hydrogens is 232 g/mol. The summed E-state index contributed by atoms with van der Waals surface area (Å²) in [6.45, 7) is 11.3. The second kappa shape index (κ2) is 5.64. The van der Waals surface area contributed by atoms with E-state index in [-0.39, 0.29) is 11.5 Å². The number of nitrogens with two attached hydrogens (primary N) is 1. The van der Waals surface area contributed by atoms with Crippen LogP contribution in [0.15, 0.2) is 24.3 Å². The first-order valence-corrected chi connectivity index (χ1v) is 7.53. The highest BCUT2D eigenvalue weighted by Gasteiger charge is 2.32. The Hall–Kier alpha value is -0.860. The molecule has 2 unspecified atom stereocenters. The molecule has 2 nitrogen and oxygen atoms in total. The van der Waals surface area contributed by atoms with Gasteiger partial charge in [-0.15, -0.1) is 0 Å². The first-order chi connectivity index (χ1) is 8.93. The molecule has 106 valence electrons. The van der Waals surface area contributed by atoms with Crippen LogP contribution in [-0.4, -0.2) is 24.0 Å². The van der Waals surface area contributed by atoms with Crippen LogP contribution in [-0.2, 0) is 5.41 Å². The summed E-state index contributed by atoms with van der Waals surface area (Å²) in [7, 11) is 0. The van der Waals surface area contributed by atoms with Crippen LogP contribution < -0.4 is 5.73 Å². The molecule has 2 atom stereocenters. The van der Waals surface area contributed by atoms with Gasteiger partial charge in [0, 0.05) is 18.6 Å². The van der Waals surface area contributed by atoms with Gasteiger partial charge in [0.2, 0.25) is 0 Å². The van der Waals surface area contributed by atoms with Gasteiger partial charge in [0.15, 0.2) is 0 Å². The summed E-state index contributed by atoms with van der Waals surface area (Å²) in [5.41, 5.74) is 9.31. The second-order valence-corrected chi connectivity index (χ2v) is 6.81. The lowest BCUT2D eigenvalue weighted by molar-refractivity contribution is 0.248. The van der Waals surface area contributed by atoms with Gasteiger partial charge in [-0.25, -0.2) is 0 Å². The molecule has 2 N–H and O–H groups in total. The molecule has 1 aliphatic heterocycles. The highest BCUT2D eigenvalue weighted by atomic mass is 15.2. The Morgan fingerprint density at radius 3 is 2.37 bits per heavy atom. The molecule has 0 amide bonds. The summed E-state index contributed by atoms with van der Waals surface area (Å²) in [4.78, 5) is 2.54. The van der Waals surface area contributed by atoms with Crippen molar-refractivity contribution < 1.29 is 0 Å². The lowest BCUT2D eigenvalue weighted by Gasteiger charge is -2.27. The zero-order valence-electron chi connectivity index (χ0n) is 12.8. The molecule has 1 aromatic carbocycles. The number of hydrogen-bond donors (Lipinski definition) is 1. The Morgan fingerprint density at radius 1 is 1.21 bits per heavy atom. The lowest BCUT2D eigenvalue weighted by atomic mass is 9.86. The summed E-state index contributed by atoms with van der Waals surface area (Å²) < 4.78 is 0. The quantitative estimate of drug-likeness (QED) is 0.901. The summed E-state index contributed by atoms with van der Waals surface area (Å²) >= 11 is 0. The van der Waals surface area contributed by atoms with Crippen molar-refractivity contribution in [1.29, 1.82) is 0 Å². The fraction of sp³-hybridized carbons (Fsp3) is 0.647. The monoisotopic (exact) mass is 260 g/mol. The Labute approximate surface area is 118 Å². The third kappa shape index (κ3) is 3.18. The smallest absolute Gasteiger partial charge is 0.0499 e. The van der Waals surface area contributed by atoms with Gasteiger partial charge in [0.05, 0.1) is 0 Å². The Morgan fingerprint density at radius 2 is 1.84 bits per heavy atom. The van der Waals surface area contributed by atoms with Crippen molar-refractivity contribution >= 4 is 0 Å². The summed E-state index contributed by atoms with van der Waals surface area (Å²) in [5, 5.41) is 0. The first kappa shape index (κ1) is 14.5. The molecule has 1 aliphatic rings. The second-order valence-electron chi connectivity index (χ2n) is 6.81. The highest BCUT2D eigenvalue weighted by Crippen LogP contribution is 2.32. The maximum atomic E-state index is 6.31. The number of rotatable bonds is 3. The average Bonchev–Trinajstić information content (AvgIpc) is 2.70. The van der Waals surface area contributed by atoms with Crippen molar-refractivity contribution in [2.75, 3.05) is 13.1 Å². The SMILES string of the molecule is CCCN1CCC(N)C1c1ccc(C(C)(C)C)cc1. The normalized spacial score (nSPS) is 24.9. The third-order valence-corrected chi connectivity index (χ3v) is 4.18. The molecule has 1 aromatic rings. The zero-order chi connectivity index (χ0) is 14.0. The maximum absolute atomic E-state index is 6.31. The van der Waals surface area contributed by atoms with E-state index < -0.39 is 0 Å². The van der Waals surface area contributed by atoms with Gasteiger partial charge < -0.3 is 5.73 Å². The molecule has 0 bridgehead atoms. The van der Waals surface area contributed by atoms with E-state index in [1.807, 2.05) is 0 Å². The molecule has 0 radical (unpaired) electrons. The molecule has 2 rings (SSSR count).